The molecule has 0 aliphatic carbocycles. The van der Waals surface area contributed by atoms with Crippen LogP contribution in [0.5, 0.6) is 0 Å². The molecule has 0 unspecified atom stereocenters. The molecule has 0 fully saturated rings. The summed E-state index contributed by atoms with van der Waals surface area (Å²) in [6, 6.07) is 3.77. The van der Waals surface area contributed by atoms with E-state index in [1.807, 2.05) is 0 Å². The molecule has 0 N–H and O–H groups in total. The van der Waals surface area contributed by atoms with Crippen molar-refractivity contribution in [2.75, 3.05) is 32.2 Å². The third-order valence-electron chi connectivity index (χ3n) is 4.35. The molecule has 0 spiro atoms. The van der Waals surface area contributed by atoms with E-state index in [4.69, 9.17) is 9.47 Å². The summed E-state index contributed by atoms with van der Waals surface area (Å²) in [5.74, 6) is -1.25. The van der Waals surface area contributed by atoms with E-state index in [1.54, 1.807) is 36.6 Å². The fourth-order valence-corrected chi connectivity index (χ4v) is 3.50. The molecule has 0 bridgehead atoms. The van der Waals surface area contributed by atoms with Crippen molar-refractivity contribution in [3.05, 3.63) is 39.9 Å². The number of fused-ring (bicyclic) bond motifs is 1. The molecular formula is C20H29FN2O4Si. The van der Waals surface area contributed by atoms with Crippen molar-refractivity contribution in [3.8, 4) is 0 Å². The van der Waals surface area contributed by atoms with Crippen LogP contribution < -0.4 is 10.3 Å². The smallest absolute Gasteiger partial charge is 0.343 e. The first kappa shape index (κ1) is 22.1. The normalized spacial score (nSPS) is 11.7. The minimum absolute atomic E-state index is 0.125. The lowest BCUT2D eigenvalue weighted by Crippen LogP contribution is -2.24. The number of aromatic nitrogens is 1. The molecular weight excluding hydrogens is 379 g/mol. The number of hydrogen-bond donors (Lipinski definition) is 0. The number of esters is 1. The Hall–Kier alpha value is -2.19. The van der Waals surface area contributed by atoms with Crippen molar-refractivity contribution in [1.82, 2.24) is 4.57 Å². The Morgan fingerprint density at radius 3 is 2.50 bits per heavy atom. The van der Waals surface area contributed by atoms with Gasteiger partial charge in [0, 0.05) is 40.4 Å². The molecule has 2 rings (SSSR count). The second kappa shape index (κ2) is 8.87. The summed E-state index contributed by atoms with van der Waals surface area (Å²) < 4.78 is 26.9. The number of benzene rings is 1. The first-order valence-electron chi connectivity index (χ1n) is 9.34. The molecule has 154 valence electrons. The van der Waals surface area contributed by atoms with E-state index in [9.17, 15) is 14.0 Å². The van der Waals surface area contributed by atoms with Gasteiger partial charge in [-0.2, -0.15) is 0 Å². The van der Waals surface area contributed by atoms with E-state index in [2.05, 4.69) is 19.6 Å². The lowest BCUT2D eigenvalue weighted by Gasteiger charge is -2.19. The number of rotatable bonds is 8. The molecule has 28 heavy (non-hydrogen) atoms. The summed E-state index contributed by atoms with van der Waals surface area (Å²) in [7, 11) is 2.21. The summed E-state index contributed by atoms with van der Waals surface area (Å²) in [6.45, 7) is 9.34. The van der Waals surface area contributed by atoms with Crippen molar-refractivity contribution in [1.29, 1.82) is 0 Å². The molecule has 8 heteroatoms. The number of hydrogen-bond acceptors (Lipinski definition) is 5. The summed E-state index contributed by atoms with van der Waals surface area (Å²) in [4.78, 5) is 26.6. The Labute approximate surface area is 165 Å². The molecule has 0 atom stereocenters. The van der Waals surface area contributed by atoms with Crippen molar-refractivity contribution < 1.29 is 18.7 Å². The van der Waals surface area contributed by atoms with Crippen LogP contribution in [-0.2, 0) is 16.2 Å². The molecule has 0 radical (unpaired) electrons. The van der Waals surface area contributed by atoms with Crippen LogP contribution in [0.3, 0.4) is 0 Å². The summed E-state index contributed by atoms with van der Waals surface area (Å²) in [5.41, 5.74) is 0.193. The van der Waals surface area contributed by atoms with Gasteiger partial charge in [0.2, 0.25) is 5.43 Å². The summed E-state index contributed by atoms with van der Waals surface area (Å²) in [6.07, 6.45) is 1.44. The molecule has 1 aromatic carbocycles. The highest BCUT2D eigenvalue weighted by molar-refractivity contribution is 6.76. The predicted molar refractivity (Wildman–Crippen MR) is 113 cm³/mol. The van der Waals surface area contributed by atoms with Crippen molar-refractivity contribution in [3.63, 3.8) is 0 Å². The van der Waals surface area contributed by atoms with Crippen LogP contribution in [0.15, 0.2) is 23.1 Å². The molecule has 6 nitrogen and oxygen atoms in total. The first-order valence-corrected chi connectivity index (χ1v) is 13.0. The van der Waals surface area contributed by atoms with E-state index < -0.39 is 25.3 Å². The standard InChI is InChI=1S/C20H29FN2O4Si/c1-7-27-20(25)15-12-23(13-26-8-9-28(4,5)6)17-11-18(22(2)3)16(21)10-14(17)19(15)24/h10-12H,7-9,13H2,1-6H3. The molecule has 0 saturated heterocycles. The monoisotopic (exact) mass is 408 g/mol. The average molecular weight is 409 g/mol. The minimum Gasteiger partial charge on any atom is -0.462 e. The van der Waals surface area contributed by atoms with Crippen LogP contribution in [-0.4, -0.2) is 45.9 Å². The molecule has 2 aromatic rings. The van der Waals surface area contributed by atoms with Gasteiger partial charge in [-0.3, -0.25) is 4.79 Å². The third kappa shape index (κ3) is 5.20. The molecule has 1 heterocycles. The fourth-order valence-electron chi connectivity index (χ4n) is 2.74. The van der Waals surface area contributed by atoms with Crippen molar-refractivity contribution in [2.45, 2.75) is 39.3 Å². The topological polar surface area (TPSA) is 60.8 Å². The maximum Gasteiger partial charge on any atom is 0.343 e. The van der Waals surface area contributed by atoms with E-state index in [0.717, 1.165) is 6.04 Å². The fraction of sp³-hybridized carbons (Fsp3) is 0.500. The number of halogens is 1. The maximum atomic E-state index is 14.5. The van der Waals surface area contributed by atoms with Gasteiger partial charge in [0.15, 0.2) is 0 Å². The van der Waals surface area contributed by atoms with E-state index in [0.29, 0.717) is 17.8 Å². The second-order valence-electron chi connectivity index (χ2n) is 8.13. The van der Waals surface area contributed by atoms with E-state index >= 15 is 0 Å². The zero-order chi connectivity index (χ0) is 21.1. The number of nitrogens with zero attached hydrogens (tertiary/aromatic N) is 2. The van der Waals surface area contributed by atoms with Gasteiger partial charge >= 0.3 is 5.97 Å². The van der Waals surface area contributed by atoms with Gasteiger partial charge in [0.05, 0.1) is 17.8 Å². The third-order valence-corrected chi connectivity index (χ3v) is 6.06. The number of carbonyl (C=O) groups excluding carboxylic acids is 1. The number of carbonyl (C=O) groups is 1. The SMILES string of the molecule is CCOC(=O)c1cn(COCC[Si](C)(C)C)c2cc(N(C)C)c(F)cc2c1=O. The Morgan fingerprint density at radius 2 is 1.93 bits per heavy atom. The lowest BCUT2D eigenvalue weighted by atomic mass is 10.1. The number of ether oxygens (including phenoxy) is 2. The van der Waals surface area contributed by atoms with Crippen LogP contribution in [0, 0.1) is 5.82 Å². The predicted octanol–water partition coefficient (Wildman–Crippen LogP) is 3.70. The van der Waals surface area contributed by atoms with Gasteiger partial charge in [0.1, 0.15) is 18.1 Å². The van der Waals surface area contributed by atoms with Gasteiger partial charge in [-0.15, -0.1) is 0 Å². The van der Waals surface area contributed by atoms with Gasteiger partial charge in [-0.1, -0.05) is 19.6 Å². The van der Waals surface area contributed by atoms with Gasteiger partial charge in [-0.05, 0) is 25.1 Å². The van der Waals surface area contributed by atoms with Crippen molar-refractivity contribution >= 4 is 30.6 Å². The van der Waals surface area contributed by atoms with Crippen LogP contribution in [0.4, 0.5) is 10.1 Å². The summed E-state index contributed by atoms with van der Waals surface area (Å²) >= 11 is 0. The highest BCUT2D eigenvalue weighted by Gasteiger charge is 2.19. The lowest BCUT2D eigenvalue weighted by molar-refractivity contribution is 0.0521. The second-order valence-corrected chi connectivity index (χ2v) is 13.7. The number of pyridine rings is 1. The Bertz CT molecular complexity index is 919. The van der Waals surface area contributed by atoms with Gasteiger partial charge in [-0.25, -0.2) is 9.18 Å². The molecule has 0 aliphatic rings. The molecule has 0 amide bonds. The Morgan fingerprint density at radius 1 is 1.25 bits per heavy atom. The molecule has 1 aromatic heterocycles. The van der Waals surface area contributed by atoms with Crippen LogP contribution in [0.2, 0.25) is 25.7 Å². The highest BCUT2D eigenvalue weighted by atomic mass is 28.3. The van der Waals surface area contributed by atoms with Crippen LogP contribution >= 0.6 is 0 Å². The zero-order valence-corrected chi connectivity index (χ0v) is 18.5. The molecule has 0 aliphatic heterocycles. The van der Waals surface area contributed by atoms with E-state index in [-0.39, 0.29) is 24.3 Å². The highest BCUT2D eigenvalue weighted by Crippen LogP contribution is 2.24. The van der Waals surface area contributed by atoms with Crippen molar-refractivity contribution in [2.24, 2.45) is 0 Å². The Kier molecular flexibility index (Phi) is 7.00. The zero-order valence-electron chi connectivity index (χ0n) is 17.5. The van der Waals surface area contributed by atoms with E-state index in [1.165, 1.54) is 12.3 Å². The van der Waals surface area contributed by atoms with Gasteiger partial charge < -0.3 is 18.9 Å². The average Bonchev–Trinajstić information content (AvgIpc) is 2.59. The van der Waals surface area contributed by atoms with Crippen LogP contribution in [0.25, 0.3) is 10.9 Å². The quantitative estimate of drug-likeness (QED) is 0.379. The largest absolute Gasteiger partial charge is 0.462 e. The van der Waals surface area contributed by atoms with Crippen LogP contribution in [0.1, 0.15) is 17.3 Å². The molecule has 0 saturated carbocycles. The summed E-state index contributed by atoms with van der Waals surface area (Å²) in [5, 5.41) is 0.127. The maximum absolute atomic E-state index is 14.5. The first-order chi connectivity index (χ1) is 13.0. The number of anilines is 1. The Balaban J connectivity index is 2.53. The van der Waals surface area contributed by atoms with Gasteiger partial charge in [0.25, 0.3) is 0 Å². The minimum atomic E-state index is -1.24.